The smallest absolute Gasteiger partial charge is 0.255 e. The van der Waals surface area contributed by atoms with Crippen LogP contribution < -0.4 is 5.32 Å². The van der Waals surface area contributed by atoms with Crippen LogP contribution in [0.4, 0.5) is 0 Å². The van der Waals surface area contributed by atoms with Gasteiger partial charge in [-0.05, 0) is 24.4 Å². The van der Waals surface area contributed by atoms with Gasteiger partial charge in [0, 0.05) is 19.6 Å². The van der Waals surface area contributed by atoms with E-state index in [9.17, 15) is 9.59 Å². The van der Waals surface area contributed by atoms with Crippen molar-refractivity contribution >= 4 is 34.2 Å². The van der Waals surface area contributed by atoms with E-state index < -0.39 is 0 Å². The Balaban J connectivity index is 1.85. The van der Waals surface area contributed by atoms with Crippen LogP contribution >= 0.6 is 11.3 Å². The van der Waals surface area contributed by atoms with E-state index in [0.29, 0.717) is 30.8 Å². The number of amides is 2. The van der Waals surface area contributed by atoms with Crippen molar-refractivity contribution in [2.75, 3.05) is 19.6 Å². The molecule has 0 spiro atoms. The van der Waals surface area contributed by atoms with Crippen LogP contribution in [-0.2, 0) is 11.3 Å². The fourth-order valence-electron chi connectivity index (χ4n) is 2.99. The molecule has 25 heavy (non-hydrogen) atoms. The van der Waals surface area contributed by atoms with Crippen molar-refractivity contribution in [2.45, 2.75) is 13.5 Å². The van der Waals surface area contributed by atoms with Crippen LogP contribution in [0, 0.1) is 0 Å². The highest BCUT2D eigenvalue weighted by molar-refractivity contribution is 7.13. The van der Waals surface area contributed by atoms with Crippen molar-refractivity contribution in [2.24, 2.45) is 0 Å². The molecule has 3 aromatic rings. The molecular weight excluding hydrogens is 338 g/mol. The van der Waals surface area contributed by atoms with E-state index in [-0.39, 0.29) is 18.4 Å². The Kier molecular flexibility index (Phi) is 3.96. The number of carbonyl (C=O) groups is 2. The van der Waals surface area contributed by atoms with Gasteiger partial charge in [-0.15, -0.1) is 11.3 Å². The molecule has 8 heteroatoms. The summed E-state index contributed by atoms with van der Waals surface area (Å²) in [6.45, 7) is 3.72. The number of aryl methyl sites for hydroxylation is 1. The largest absolute Gasteiger partial charge is 0.353 e. The fraction of sp³-hybridized carbons (Fsp3) is 0.294. The van der Waals surface area contributed by atoms with Crippen molar-refractivity contribution in [3.8, 4) is 10.6 Å². The lowest BCUT2D eigenvalue weighted by molar-refractivity contribution is -0.123. The number of hydrogen-bond donors (Lipinski definition) is 1. The number of pyridine rings is 1. The Hall–Kier alpha value is -2.74. The summed E-state index contributed by atoms with van der Waals surface area (Å²) in [7, 11) is 0. The fourth-order valence-corrected chi connectivity index (χ4v) is 3.68. The second-order valence-electron chi connectivity index (χ2n) is 5.81. The molecule has 2 amide bonds. The van der Waals surface area contributed by atoms with E-state index in [2.05, 4.69) is 10.4 Å². The van der Waals surface area contributed by atoms with Crippen LogP contribution in [0.1, 0.15) is 17.3 Å². The minimum atomic E-state index is -0.157. The molecule has 0 unspecified atom stereocenters. The Bertz CT molecular complexity index is 948. The molecule has 1 aliphatic rings. The molecule has 0 aliphatic carbocycles. The molecule has 1 saturated heterocycles. The molecular formula is C17H17N5O2S. The van der Waals surface area contributed by atoms with Crippen LogP contribution in [0.25, 0.3) is 21.6 Å². The number of thiophene rings is 1. The first-order valence-corrected chi connectivity index (χ1v) is 9.01. The first-order valence-electron chi connectivity index (χ1n) is 8.13. The van der Waals surface area contributed by atoms with Crippen LogP contribution in [0.15, 0.2) is 29.8 Å². The summed E-state index contributed by atoms with van der Waals surface area (Å²) in [5, 5.41) is 9.79. The summed E-state index contributed by atoms with van der Waals surface area (Å²) in [5.41, 5.74) is 1.99. The summed E-state index contributed by atoms with van der Waals surface area (Å²) in [6, 6.07) is 5.75. The minimum absolute atomic E-state index is 0.0822. The highest BCUT2D eigenvalue weighted by Gasteiger charge is 2.25. The average Bonchev–Trinajstić information content (AvgIpc) is 3.29. The van der Waals surface area contributed by atoms with Gasteiger partial charge in [0.15, 0.2) is 5.65 Å². The van der Waals surface area contributed by atoms with Crippen LogP contribution in [0.3, 0.4) is 0 Å². The predicted molar refractivity (Wildman–Crippen MR) is 95.4 cm³/mol. The number of hydrogen-bond acceptors (Lipinski definition) is 5. The lowest BCUT2D eigenvalue weighted by Gasteiger charge is -2.27. The maximum Gasteiger partial charge on any atom is 0.255 e. The zero-order chi connectivity index (χ0) is 17.4. The first-order chi connectivity index (χ1) is 12.2. The molecule has 1 N–H and O–H groups in total. The molecule has 0 aromatic carbocycles. The third-order valence-corrected chi connectivity index (χ3v) is 5.13. The number of rotatable bonds is 3. The van der Waals surface area contributed by atoms with Gasteiger partial charge >= 0.3 is 0 Å². The van der Waals surface area contributed by atoms with Crippen molar-refractivity contribution in [3.63, 3.8) is 0 Å². The van der Waals surface area contributed by atoms with E-state index in [4.69, 9.17) is 4.98 Å². The molecule has 0 atom stereocenters. The van der Waals surface area contributed by atoms with Gasteiger partial charge in [-0.2, -0.15) is 5.10 Å². The normalized spacial score (nSPS) is 14.8. The van der Waals surface area contributed by atoms with Gasteiger partial charge in [-0.1, -0.05) is 6.07 Å². The predicted octanol–water partition coefficient (Wildman–Crippen LogP) is 1.75. The lowest BCUT2D eigenvalue weighted by atomic mass is 10.1. The average molecular weight is 355 g/mol. The quantitative estimate of drug-likeness (QED) is 0.776. The first kappa shape index (κ1) is 15.8. The summed E-state index contributed by atoms with van der Waals surface area (Å²) < 4.78 is 1.78. The van der Waals surface area contributed by atoms with Crippen molar-refractivity contribution < 1.29 is 9.59 Å². The van der Waals surface area contributed by atoms with Gasteiger partial charge in [0.2, 0.25) is 5.91 Å². The monoisotopic (exact) mass is 355 g/mol. The van der Waals surface area contributed by atoms with E-state index in [1.54, 1.807) is 27.1 Å². The highest BCUT2D eigenvalue weighted by Crippen LogP contribution is 2.28. The number of piperazine rings is 1. The SMILES string of the molecule is CCn1ncc2c(C(=O)N3CCNC(=O)C3)cc(-c3cccs3)nc21. The Morgan fingerprint density at radius 1 is 1.44 bits per heavy atom. The Labute approximate surface area is 148 Å². The summed E-state index contributed by atoms with van der Waals surface area (Å²) in [5.74, 6) is -0.289. The number of nitrogens with zero attached hydrogens (tertiary/aromatic N) is 4. The third-order valence-electron chi connectivity index (χ3n) is 4.24. The minimum Gasteiger partial charge on any atom is -0.353 e. The van der Waals surface area contributed by atoms with Crippen molar-refractivity contribution in [1.82, 2.24) is 25.0 Å². The number of nitrogens with one attached hydrogen (secondary N) is 1. The number of fused-ring (bicyclic) bond motifs is 1. The van der Waals surface area contributed by atoms with E-state index in [1.165, 1.54) is 0 Å². The Morgan fingerprint density at radius 3 is 3.04 bits per heavy atom. The van der Waals surface area contributed by atoms with E-state index in [1.807, 2.05) is 30.5 Å². The highest BCUT2D eigenvalue weighted by atomic mass is 32.1. The molecule has 3 aromatic heterocycles. The van der Waals surface area contributed by atoms with Gasteiger partial charge < -0.3 is 10.2 Å². The zero-order valence-corrected chi connectivity index (χ0v) is 14.5. The standard InChI is InChI=1S/C17H17N5O2S/c1-2-22-16-12(9-19-22)11(8-13(20-16)14-4-3-7-25-14)17(24)21-6-5-18-15(23)10-21/h3-4,7-9H,2,5-6,10H2,1H3,(H,18,23). The Morgan fingerprint density at radius 2 is 2.32 bits per heavy atom. The maximum atomic E-state index is 13.1. The molecule has 4 rings (SSSR count). The van der Waals surface area contributed by atoms with Gasteiger partial charge in [-0.25, -0.2) is 9.67 Å². The van der Waals surface area contributed by atoms with Crippen molar-refractivity contribution in [1.29, 1.82) is 0 Å². The molecule has 4 heterocycles. The van der Waals surface area contributed by atoms with E-state index >= 15 is 0 Å². The second-order valence-corrected chi connectivity index (χ2v) is 6.75. The third kappa shape index (κ3) is 2.78. The van der Waals surface area contributed by atoms with Gasteiger partial charge in [-0.3, -0.25) is 9.59 Å². The van der Waals surface area contributed by atoms with Crippen LogP contribution in [0.2, 0.25) is 0 Å². The summed E-state index contributed by atoms with van der Waals surface area (Å²) in [4.78, 5) is 32.0. The van der Waals surface area contributed by atoms with Crippen LogP contribution in [0.5, 0.6) is 0 Å². The second kappa shape index (κ2) is 6.29. The molecule has 128 valence electrons. The summed E-state index contributed by atoms with van der Waals surface area (Å²) in [6.07, 6.45) is 1.68. The number of carbonyl (C=O) groups excluding carboxylic acids is 2. The maximum absolute atomic E-state index is 13.1. The molecule has 1 fully saturated rings. The van der Waals surface area contributed by atoms with Crippen LogP contribution in [-0.4, -0.2) is 51.1 Å². The molecule has 0 bridgehead atoms. The topological polar surface area (TPSA) is 80.1 Å². The molecule has 0 radical (unpaired) electrons. The summed E-state index contributed by atoms with van der Waals surface area (Å²) >= 11 is 1.58. The van der Waals surface area contributed by atoms with Crippen molar-refractivity contribution in [3.05, 3.63) is 35.3 Å². The number of aromatic nitrogens is 3. The molecule has 7 nitrogen and oxygen atoms in total. The molecule has 0 saturated carbocycles. The van der Waals surface area contributed by atoms with Gasteiger partial charge in [0.1, 0.15) is 0 Å². The van der Waals surface area contributed by atoms with Gasteiger partial charge in [0.25, 0.3) is 5.91 Å². The lowest BCUT2D eigenvalue weighted by Crippen LogP contribution is -2.50. The zero-order valence-electron chi connectivity index (χ0n) is 13.7. The van der Waals surface area contributed by atoms with Gasteiger partial charge in [0.05, 0.1) is 34.3 Å². The van der Waals surface area contributed by atoms with E-state index in [0.717, 1.165) is 16.0 Å². The molecule has 1 aliphatic heterocycles.